The highest BCUT2D eigenvalue weighted by atomic mass is 16.5. The van der Waals surface area contributed by atoms with Gasteiger partial charge in [-0.1, -0.05) is 20.8 Å². The molecule has 112 valence electrons. The molecule has 2 rings (SSSR count). The van der Waals surface area contributed by atoms with Crippen LogP contribution in [0.2, 0.25) is 0 Å². The predicted molar refractivity (Wildman–Crippen MR) is 75.1 cm³/mol. The van der Waals surface area contributed by atoms with E-state index < -0.39 is 0 Å². The van der Waals surface area contributed by atoms with E-state index in [4.69, 9.17) is 9.15 Å². The van der Waals surface area contributed by atoms with Crippen molar-refractivity contribution in [1.82, 2.24) is 10.2 Å². The molecule has 0 aliphatic rings. The molecule has 6 heteroatoms. The van der Waals surface area contributed by atoms with Crippen molar-refractivity contribution < 1.29 is 18.7 Å². The van der Waals surface area contributed by atoms with Crippen LogP contribution in [0.25, 0.3) is 0 Å². The standard InChI is InChI=1S/C15H18N2O4/c1-15(2,3)14-17-16-12(21-14)9-20-11-7-5-10(6-8-11)13(18)19-4/h5-8H,9H2,1-4H3. The zero-order chi connectivity index (χ0) is 15.5. The summed E-state index contributed by atoms with van der Waals surface area (Å²) in [4.78, 5) is 11.3. The summed E-state index contributed by atoms with van der Waals surface area (Å²) in [6.45, 7) is 6.17. The number of esters is 1. The van der Waals surface area contributed by atoms with E-state index in [1.807, 2.05) is 20.8 Å². The van der Waals surface area contributed by atoms with Crippen LogP contribution in [0.4, 0.5) is 0 Å². The molecule has 21 heavy (non-hydrogen) atoms. The Morgan fingerprint density at radius 3 is 2.38 bits per heavy atom. The quantitative estimate of drug-likeness (QED) is 0.806. The van der Waals surface area contributed by atoms with Gasteiger partial charge in [0, 0.05) is 5.41 Å². The molecule has 0 saturated heterocycles. The summed E-state index contributed by atoms with van der Waals surface area (Å²) in [6, 6.07) is 6.64. The molecule has 0 aliphatic carbocycles. The first kappa shape index (κ1) is 15.0. The van der Waals surface area contributed by atoms with E-state index in [1.54, 1.807) is 24.3 Å². The monoisotopic (exact) mass is 290 g/mol. The van der Waals surface area contributed by atoms with Gasteiger partial charge in [-0.3, -0.25) is 0 Å². The lowest BCUT2D eigenvalue weighted by Gasteiger charge is -2.11. The summed E-state index contributed by atoms with van der Waals surface area (Å²) in [5, 5.41) is 7.93. The maximum absolute atomic E-state index is 11.3. The van der Waals surface area contributed by atoms with Crippen LogP contribution in [0.3, 0.4) is 0 Å². The van der Waals surface area contributed by atoms with Gasteiger partial charge in [-0.25, -0.2) is 4.79 Å². The van der Waals surface area contributed by atoms with Crippen LogP contribution in [0.1, 0.15) is 42.9 Å². The second kappa shape index (κ2) is 5.95. The zero-order valence-electron chi connectivity index (χ0n) is 12.5. The summed E-state index contributed by atoms with van der Waals surface area (Å²) in [7, 11) is 1.34. The van der Waals surface area contributed by atoms with Gasteiger partial charge >= 0.3 is 5.97 Å². The highest BCUT2D eigenvalue weighted by molar-refractivity contribution is 5.89. The average Bonchev–Trinajstić information content (AvgIpc) is 2.94. The predicted octanol–water partition coefficient (Wildman–Crippen LogP) is 2.73. The lowest BCUT2D eigenvalue weighted by Crippen LogP contribution is -2.11. The van der Waals surface area contributed by atoms with E-state index in [2.05, 4.69) is 14.9 Å². The number of nitrogens with zero attached hydrogens (tertiary/aromatic N) is 2. The molecule has 0 spiro atoms. The van der Waals surface area contributed by atoms with Crippen molar-refractivity contribution in [3.05, 3.63) is 41.6 Å². The molecule has 0 aliphatic heterocycles. The number of methoxy groups -OCH3 is 1. The van der Waals surface area contributed by atoms with Gasteiger partial charge in [-0.2, -0.15) is 0 Å². The molecule has 1 heterocycles. The molecule has 0 saturated carbocycles. The van der Waals surface area contributed by atoms with Crippen LogP contribution in [-0.2, 0) is 16.8 Å². The van der Waals surface area contributed by atoms with Crippen molar-refractivity contribution in [3.63, 3.8) is 0 Å². The van der Waals surface area contributed by atoms with E-state index >= 15 is 0 Å². The van der Waals surface area contributed by atoms with E-state index in [0.717, 1.165) is 0 Å². The fourth-order valence-corrected chi connectivity index (χ4v) is 1.57. The number of hydrogen-bond acceptors (Lipinski definition) is 6. The Hall–Kier alpha value is -2.37. The SMILES string of the molecule is COC(=O)c1ccc(OCc2nnc(C(C)(C)C)o2)cc1. The summed E-state index contributed by atoms with van der Waals surface area (Å²) < 4.78 is 15.7. The minimum atomic E-state index is -0.381. The molecule has 6 nitrogen and oxygen atoms in total. The molecule has 0 unspecified atom stereocenters. The topological polar surface area (TPSA) is 74.5 Å². The second-order valence-electron chi connectivity index (χ2n) is 5.56. The zero-order valence-corrected chi connectivity index (χ0v) is 12.5. The van der Waals surface area contributed by atoms with Crippen LogP contribution < -0.4 is 4.74 Å². The molecule has 2 aromatic rings. The number of aromatic nitrogens is 2. The van der Waals surface area contributed by atoms with Gasteiger partial charge in [0.15, 0.2) is 6.61 Å². The number of ether oxygens (including phenoxy) is 2. The third kappa shape index (κ3) is 3.81. The number of carbonyl (C=O) groups is 1. The number of carbonyl (C=O) groups excluding carboxylic acids is 1. The van der Waals surface area contributed by atoms with Crippen molar-refractivity contribution in [3.8, 4) is 5.75 Å². The Kier molecular flexibility index (Phi) is 4.26. The molecule has 1 aromatic heterocycles. The normalized spacial score (nSPS) is 11.2. The number of hydrogen-bond donors (Lipinski definition) is 0. The molecule has 1 aromatic carbocycles. The Morgan fingerprint density at radius 2 is 1.86 bits per heavy atom. The van der Waals surface area contributed by atoms with E-state index in [0.29, 0.717) is 23.1 Å². The molecular formula is C15H18N2O4. The summed E-state index contributed by atoms with van der Waals surface area (Å²) in [5.41, 5.74) is 0.283. The average molecular weight is 290 g/mol. The van der Waals surface area contributed by atoms with Crippen LogP contribution >= 0.6 is 0 Å². The van der Waals surface area contributed by atoms with Gasteiger partial charge in [0.05, 0.1) is 12.7 Å². The fraction of sp³-hybridized carbons (Fsp3) is 0.400. The molecule has 0 atom stereocenters. The number of rotatable bonds is 4. The van der Waals surface area contributed by atoms with E-state index in [1.165, 1.54) is 7.11 Å². The lowest BCUT2D eigenvalue weighted by atomic mass is 9.97. The molecule has 0 fully saturated rings. The Bertz CT molecular complexity index is 611. The molecule has 0 amide bonds. The van der Waals surface area contributed by atoms with Crippen molar-refractivity contribution in [2.45, 2.75) is 32.8 Å². The largest absolute Gasteiger partial charge is 0.484 e. The van der Waals surface area contributed by atoms with Crippen LogP contribution in [0, 0.1) is 0 Å². The summed E-state index contributed by atoms with van der Waals surface area (Å²) in [5.74, 6) is 1.21. The Morgan fingerprint density at radius 1 is 1.19 bits per heavy atom. The third-order valence-electron chi connectivity index (χ3n) is 2.75. The molecule has 0 radical (unpaired) electrons. The maximum atomic E-state index is 11.3. The number of benzene rings is 1. The fourth-order valence-electron chi connectivity index (χ4n) is 1.57. The van der Waals surface area contributed by atoms with E-state index in [-0.39, 0.29) is 18.0 Å². The summed E-state index contributed by atoms with van der Waals surface area (Å²) >= 11 is 0. The van der Waals surface area contributed by atoms with E-state index in [9.17, 15) is 4.79 Å². The van der Waals surface area contributed by atoms with Gasteiger partial charge in [0.25, 0.3) is 5.89 Å². The van der Waals surface area contributed by atoms with Gasteiger partial charge in [-0.15, -0.1) is 10.2 Å². The third-order valence-corrected chi connectivity index (χ3v) is 2.75. The van der Waals surface area contributed by atoms with Crippen molar-refractivity contribution in [2.24, 2.45) is 0 Å². The molecule has 0 bridgehead atoms. The van der Waals surface area contributed by atoms with Crippen LogP contribution in [-0.4, -0.2) is 23.3 Å². The highest BCUT2D eigenvalue weighted by Crippen LogP contribution is 2.21. The first-order chi connectivity index (χ1) is 9.90. The van der Waals surface area contributed by atoms with Gasteiger partial charge in [0.1, 0.15) is 5.75 Å². The van der Waals surface area contributed by atoms with Crippen molar-refractivity contribution in [1.29, 1.82) is 0 Å². The highest BCUT2D eigenvalue weighted by Gasteiger charge is 2.21. The van der Waals surface area contributed by atoms with Gasteiger partial charge in [0.2, 0.25) is 5.89 Å². The summed E-state index contributed by atoms with van der Waals surface area (Å²) in [6.07, 6.45) is 0. The van der Waals surface area contributed by atoms with Crippen molar-refractivity contribution >= 4 is 5.97 Å². The van der Waals surface area contributed by atoms with Crippen molar-refractivity contribution in [2.75, 3.05) is 7.11 Å². The van der Waals surface area contributed by atoms with Gasteiger partial charge in [-0.05, 0) is 24.3 Å². The minimum absolute atomic E-state index is 0.181. The Balaban J connectivity index is 1.97. The first-order valence-electron chi connectivity index (χ1n) is 6.54. The van der Waals surface area contributed by atoms with Crippen LogP contribution in [0.15, 0.2) is 28.7 Å². The lowest BCUT2D eigenvalue weighted by molar-refractivity contribution is 0.0600. The Labute approximate surface area is 123 Å². The van der Waals surface area contributed by atoms with Gasteiger partial charge < -0.3 is 13.9 Å². The smallest absolute Gasteiger partial charge is 0.337 e. The molecule has 0 N–H and O–H groups in total. The minimum Gasteiger partial charge on any atom is -0.484 e. The first-order valence-corrected chi connectivity index (χ1v) is 6.54. The second-order valence-corrected chi connectivity index (χ2v) is 5.56. The van der Waals surface area contributed by atoms with Crippen LogP contribution in [0.5, 0.6) is 5.75 Å². The maximum Gasteiger partial charge on any atom is 0.337 e. The molecular weight excluding hydrogens is 272 g/mol.